The first kappa shape index (κ1) is 25.1. The number of hydrogen-bond acceptors (Lipinski definition) is 7. The summed E-state index contributed by atoms with van der Waals surface area (Å²) >= 11 is 6.07. The third kappa shape index (κ3) is 5.74. The van der Waals surface area contributed by atoms with Crippen molar-refractivity contribution in [2.24, 2.45) is 5.10 Å². The second kappa shape index (κ2) is 10.4. The SMILES string of the molecule is CC/C(C)=N\NC(=O)CN(c1cc(Cl)ccc1OC)S(=O)(=O)c1ccc(C)c([N+](=O)[O-])c1. The van der Waals surface area contributed by atoms with Gasteiger partial charge < -0.3 is 4.74 Å². The topological polar surface area (TPSA) is 131 Å². The van der Waals surface area contributed by atoms with Gasteiger partial charge >= 0.3 is 0 Å². The van der Waals surface area contributed by atoms with E-state index in [9.17, 15) is 23.3 Å². The van der Waals surface area contributed by atoms with Crippen molar-refractivity contribution >= 4 is 44.6 Å². The Morgan fingerprint density at radius 1 is 1.28 bits per heavy atom. The number of amides is 1. The number of hydrogen-bond donors (Lipinski definition) is 1. The minimum absolute atomic E-state index is 0.00503. The van der Waals surface area contributed by atoms with Crippen LogP contribution in [-0.2, 0) is 14.8 Å². The number of aryl methyl sites for hydroxylation is 1. The predicted octanol–water partition coefficient (Wildman–Crippen LogP) is 3.66. The fraction of sp³-hybridized carbons (Fsp3) is 0.300. The number of nitro groups is 1. The highest BCUT2D eigenvalue weighted by Gasteiger charge is 2.31. The van der Waals surface area contributed by atoms with Crippen LogP contribution in [-0.4, -0.2) is 38.6 Å². The number of methoxy groups -OCH3 is 1. The Balaban J connectivity index is 2.63. The lowest BCUT2D eigenvalue weighted by Crippen LogP contribution is -2.40. The van der Waals surface area contributed by atoms with Gasteiger partial charge in [0, 0.05) is 22.4 Å². The smallest absolute Gasteiger partial charge is 0.273 e. The quantitative estimate of drug-likeness (QED) is 0.329. The highest BCUT2D eigenvalue weighted by Crippen LogP contribution is 2.35. The number of anilines is 1. The molecule has 1 amide bonds. The summed E-state index contributed by atoms with van der Waals surface area (Å²) in [6.07, 6.45) is 0.595. The van der Waals surface area contributed by atoms with Gasteiger partial charge in [-0.05, 0) is 44.5 Å². The molecule has 0 aromatic heterocycles. The first-order valence-electron chi connectivity index (χ1n) is 9.44. The van der Waals surface area contributed by atoms with E-state index in [1.807, 2.05) is 6.92 Å². The first-order valence-corrected chi connectivity index (χ1v) is 11.3. The van der Waals surface area contributed by atoms with E-state index in [4.69, 9.17) is 16.3 Å². The zero-order valence-electron chi connectivity index (χ0n) is 18.0. The fourth-order valence-electron chi connectivity index (χ4n) is 2.63. The molecule has 2 aromatic carbocycles. The summed E-state index contributed by atoms with van der Waals surface area (Å²) in [7, 11) is -3.10. The molecule has 0 unspecified atom stereocenters. The number of rotatable bonds is 9. The Labute approximate surface area is 191 Å². The van der Waals surface area contributed by atoms with Crippen molar-refractivity contribution in [1.82, 2.24) is 5.43 Å². The maximum atomic E-state index is 13.5. The van der Waals surface area contributed by atoms with Gasteiger partial charge in [0.15, 0.2) is 0 Å². The summed E-state index contributed by atoms with van der Waals surface area (Å²) in [5, 5.41) is 15.4. The number of nitrogens with zero attached hydrogens (tertiary/aromatic N) is 3. The molecular formula is C20H23ClN4O6S. The Morgan fingerprint density at radius 3 is 2.56 bits per heavy atom. The molecule has 0 aliphatic carbocycles. The van der Waals surface area contributed by atoms with Crippen molar-refractivity contribution in [3.8, 4) is 5.75 Å². The number of carbonyl (C=O) groups excluding carboxylic acids is 1. The summed E-state index contributed by atoms with van der Waals surface area (Å²) in [4.78, 5) is 22.8. The Bertz CT molecular complexity index is 1170. The van der Waals surface area contributed by atoms with Gasteiger partial charge in [0.25, 0.3) is 21.6 Å². The summed E-state index contributed by atoms with van der Waals surface area (Å²) in [5.41, 5.74) is 2.88. The maximum Gasteiger partial charge on any atom is 0.273 e. The summed E-state index contributed by atoms with van der Waals surface area (Å²) in [6, 6.07) is 7.79. The number of hydrazone groups is 1. The molecule has 1 N–H and O–H groups in total. The number of nitro benzene ring substituents is 1. The van der Waals surface area contributed by atoms with Crippen LogP contribution >= 0.6 is 11.6 Å². The van der Waals surface area contributed by atoms with Crippen LogP contribution in [0.3, 0.4) is 0 Å². The number of ether oxygens (including phenoxy) is 1. The van der Waals surface area contributed by atoms with Crippen molar-refractivity contribution in [1.29, 1.82) is 0 Å². The van der Waals surface area contributed by atoms with Crippen molar-refractivity contribution < 1.29 is 22.9 Å². The van der Waals surface area contributed by atoms with Gasteiger partial charge in [0.2, 0.25) is 0 Å². The Kier molecular flexibility index (Phi) is 8.17. The van der Waals surface area contributed by atoms with Crippen LogP contribution in [0.2, 0.25) is 5.02 Å². The minimum Gasteiger partial charge on any atom is -0.495 e. The van der Waals surface area contributed by atoms with Crippen LogP contribution in [0, 0.1) is 17.0 Å². The number of halogens is 1. The predicted molar refractivity (Wildman–Crippen MR) is 122 cm³/mol. The zero-order valence-corrected chi connectivity index (χ0v) is 19.5. The molecule has 10 nitrogen and oxygen atoms in total. The average molecular weight is 483 g/mol. The first-order chi connectivity index (χ1) is 15.0. The highest BCUT2D eigenvalue weighted by molar-refractivity contribution is 7.92. The lowest BCUT2D eigenvalue weighted by Gasteiger charge is -2.25. The van der Waals surface area contributed by atoms with E-state index in [0.29, 0.717) is 17.7 Å². The third-order valence-corrected chi connectivity index (χ3v) is 6.54. The van der Waals surface area contributed by atoms with Gasteiger partial charge in [-0.25, -0.2) is 13.8 Å². The van der Waals surface area contributed by atoms with Crippen LogP contribution in [0.5, 0.6) is 5.75 Å². The molecule has 0 atom stereocenters. The van der Waals surface area contributed by atoms with Crippen molar-refractivity contribution in [2.45, 2.75) is 32.1 Å². The van der Waals surface area contributed by atoms with E-state index in [-0.39, 0.29) is 27.0 Å². The van der Waals surface area contributed by atoms with Crippen LogP contribution in [0.4, 0.5) is 11.4 Å². The van der Waals surface area contributed by atoms with E-state index in [1.54, 1.807) is 6.92 Å². The minimum atomic E-state index is -4.43. The fourth-order valence-corrected chi connectivity index (χ4v) is 4.24. The molecule has 0 heterocycles. The second-order valence-corrected chi connectivity index (χ2v) is 9.07. The standard InChI is InChI=1S/C20H23ClN4O6S/c1-5-14(3)22-23-20(26)12-24(18-10-15(21)7-9-19(18)31-4)32(29,30)16-8-6-13(2)17(11-16)25(27)28/h6-11H,5,12H2,1-4H3,(H,23,26)/b22-14-. The van der Waals surface area contributed by atoms with Gasteiger partial charge in [-0.2, -0.15) is 5.10 Å². The summed E-state index contributed by atoms with van der Waals surface area (Å²) in [6.45, 7) is 4.39. The molecule has 0 aliphatic heterocycles. The molecule has 2 rings (SSSR count). The van der Waals surface area contributed by atoms with Crippen LogP contribution < -0.4 is 14.5 Å². The lowest BCUT2D eigenvalue weighted by molar-refractivity contribution is -0.385. The number of nitrogens with one attached hydrogen (secondary N) is 1. The van der Waals surface area contributed by atoms with E-state index >= 15 is 0 Å². The molecule has 12 heteroatoms. The molecule has 0 spiro atoms. The molecule has 0 saturated heterocycles. The van der Waals surface area contributed by atoms with Gasteiger partial charge in [-0.3, -0.25) is 19.2 Å². The monoisotopic (exact) mass is 482 g/mol. The highest BCUT2D eigenvalue weighted by atomic mass is 35.5. The van der Waals surface area contributed by atoms with Gasteiger partial charge in [-0.1, -0.05) is 24.6 Å². The summed E-state index contributed by atoms with van der Waals surface area (Å²) < 4.78 is 33.1. The molecule has 0 bridgehead atoms. The molecule has 0 aliphatic rings. The molecular weight excluding hydrogens is 460 g/mol. The Morgan fingerprint density at radius 2 is 1.97 bits per heavy atom. The average Bonchev–Trinajstić information content (AvgIpc) is 2.75. The zero-order chi connectivity index (χ0) is 24.1. The maximum absolute atomic E-state index is 13.5. The van der Waals surface area contributed by atoms with Gasteiger partial charge in [-0.15, -0.1) is 0 Å². The molecule has 0 fully saturated rings. The normalized spacial score (nSPS) is 11.7. The molecule has 0 saturated carbocycles. The Hall–Kier alpha value is -3.18. The van der Waals surface area contributed by atoms with E-state index in [0.717, 1.165) is 10.4 Å². The lowest BCUT2D eigenvalue weighted by atomic mass is 10.2. The van der Waals surface area contributed by atoms with Crippen LogP contribution in [0.1, 0.15) is 25.8 Å². The van der Waals surface area contributed by atoms with Crippen molar-refractivity contribution in [3.05, 3.63) is 57.1 Å². The number of benzene rings is 2. The summed E-state index contributed by atoms with van der Waals surface area (Å²) in [5.74, 6) is -0.578. The van der Waals surface area contributed by atoms with E-state index in [1.165, 1.54) is 44.4 Å². The van der Waals surface area contributed by atoms with Crippen molar-refractivity contribution in [2.75, 3.05) is 18.0 Å². The molecule has 172 valence electrons. The van der Waals surface area contributed by atoms with Gasteiger partial charge in [0.05, 0.1) is 22.6 Å². The third-order valence-electron chi connectivity index (χ3n) is 4.55. The molecule has 0 radical (unpaired) electrons. The van der Waals surface area contributed by atoms with Gasteiger partial charge in [0.1, 0.15) is 12.3 Å². The van der Waals surface area contributed by atoms with E-state index in [2.05, 4.69) is 10.5 Å². The van der Waals surface area contributed by atoms with Crippen LogP contribution in [0.25, 0.3) is 0 Å². The molecule has 32 heavy (non-hydrogen) atoms. The largest absolute Gasteiger partial charge is 0.495 e. The van der Waals surface area contributed by atoms with Crippen molar-refractivity contribution in [3.63, 3.8) is 0 Å². The number of carbonyl (C=O) groups is 1. The molecule has 2 aromatic rings. The second-order valence-electron chi connectivity index (χ2n) is 6.77. The number of sulfonamides is 1. The van der Waals surface area contributed by atoms with Crippen LogP contribution in [0.15, 0.2) is 46.4 Å². The van der Waals surface area contributed by atoms with E-state index < -0.39 is 27.4 Å².